The maximum absolute atomic E-state index is 13.2. The number of aryl methyl sites for hydroxylation is 2. The normalized spacial score (nSPS) is 16.6. The molecule has 7 nitrogen and oxygen atoms in total. The van der Waals surface area contributed by atoms with Crippen LogP contribution in [0.5, 0.6) is 0 Å². The number of hydrogen-bond acceptors (Lipinski definition) is 5. The lowest BCUT2D eigenvalue weighted by atomic mass is 10.1. The Morgan fingerprint density at radius 2 is 2.03 bits per heavy atom. The molecule has 1 aliphatic heterocycles. The number of hydrogen-bond donors (Lipinski definition) is 1. The van der Waals surface area contributed by atoms with E-state index >= 15 is 0 Å². The number of carbonyl (C=O) groups excluding carboxylic acids is 2. The monoisotopic (exact) mass is 441 g/mol. The second-order valence-electron chi connectivity index (χ2n) is 6.85. The second kappa shape index (κ2) is 8.10. The number of alkyl halides is 3. The van der Waals surface area contributed by atoms with Gasteiger partial charge < -0.3 is 4.90 Å². The molecule has 1 atom stereocenters. The number of aromatic nitrogens is 2. The van der Waals surface area contributed by atoms with Crippen molar-refractivity contribution in [2.75, 3.05) is 17.0 Å². The summed E-state index contributed by atoms with van der Waals surface area (Å²) in [4.78, 5) is 34.1. The Bertz CT molecular complexity index is 999. The largest absolute Gasteiger partial charge is 0.433 e. The average molecular weight is 442 g/mol. The fourth-order valence-electron chi connectivity index (χ4n) is 3.02. The van der Waals surface area contributed by atoms with E-state index in [2.05, 4.69) is 15.4 Å². The maximum Gasteiger partial charge on any atom is 0.433 e. The molecule has 1 aromatic heterocycles. The van der Waals surface area contributed by atoms with Gasteiger partial charge in [0.2, 0.25) is 11.9 Å². The van der Waals surface area contributed by atoms with E-state index in [4.69, 9.17) is 11.6 Å². The topological polar surface area (TPSA) is 78.4 Å². The Labute approximate surface area is 175 Å². The first-order valence-corrected chi connectivity index (χ1v) is 9.46. The highest BCUT2D eigenvalue weighted by atomic mass is 35.5. The molecule has 1 aliphatic rings. The molecule has 1 aromatic carbocycles. The quantitative estimate of drug-likeness (QED) is 0.787. The van der Waals surface area contributed by atoms with Crippen LogP contribution in [0.4, 0.5) is 24.8 Å². The van der Waals surface area contributed by atoms with E-state index in [9.17, 15) is 22.8 Å². The number of likely N-dealkylation sites (N-methyl/N-ethyl adjacent to an activating group) is 1. The lowest BCUT2D eigenvalue weighted by Gasteiger charge is -2.27. The Hall–Kier alpha value is -2.88. The van der Waals surface area contributed by atoms with Gasteiger partial charge in [-0.25, -0.2) is 15.0 Å². The van der Waals surface area contributed by atoms with Crippen molar-refractivity contribution in [1.82, 2.24) is 15.4 Å². The lowest BCUT2D eigenvalue weighted by Crippen LogP contribution is -2.48. The molecule has 30 heavy (non-hydrogen) atoms. The van der Waals surface area contributed by atoms with Gasteiger partial charge in [-0.1, -0.05) is 18.5 Å². The van der Waals surface area contributed by atoms with Gasteiger partial charge in [0.05, 0.1) is 6.42 Å². The zero-order valence-corrected chi connectivity index (χ0v) is 17.2. The standard InChI is InChI=1S/C19H19ClF3N5O2/c1-4-11-8-15(19(21,22)23)25-18(24-11)28-14(9-16(29)26-28)17(30)27(3)12-5-6-13(20)10(2)7-12/h5-8,14H,4,9H2,1-3H3,(H,26,29). The SMILES string of the molecule is CCc1cc(C(F)(F)F)nc(N2NC(=O)CC2C(=O)N(C)c2ccc(Cl)c(C)c2)n1. The van der Waals surface area contributed by atoms with E-state index in [0.29, 0.717) is 10.7 Å². The predicted molar refractivity (Wildman–Crippen MR) is 105 cm³/mol. The first-order valence-electron chi connectivity index (χ1n) is 9.08. The van der Waals surface area contributed by atoms with Gasteiger partial charge in [0.1, 0.15) is 11.7 Å². The van der Waals surface area contributed by atoms with Gasteiger partial charge in [0.15, 0.2) is 0 Å². The minimum Gasteiger partial charge on any atom is -0.314 e. The van der Waals surface area contributed by atoms with E-state index in [1.54, 1.807) is 32.0 Å². The van der Waals surface area contributed by atoms with Crippen molar-refractivity contribution in [3.63, 3.8) is 0 Å². The molecule has 0 aliphatic carbocycles. The van der Waals surface area contributed by atoms with Crippen molar-refractivity contribution in [2.24, 2.45) is 0 Å². The van der Waals surface area contributed by atoms with E-state index < -0.39 is 29.7 Å². The van der Waals surface area contributed by atoms with Crippen molar-refractivity contribution in [1.29, 1.82) is 0 Å². The summed E-state index contributed by atoms with van der Waals surface area (Å²) >= 11 is 6.02. The molecule has 160 valence electrons. The Morgan fingerprint density at radius 3 is 2.63 bits per heavy atom. The number of nitrogens with zero attached hydrogens (tertiary/aromatic N) is 4. The van der Waals surface area contributed by atoms with Gasteiger partial charge in [-0.05, 0) is 43.2 Å². The molecule has 2 heterocycles. The van der Waals surface area contributed by atoms with E-state index in [1.165, 1.54) is 11.9 Å². The first-order chi connectivity index (χ1) is 14.0. The predicted octanol–water partition coefficient (Wildman–Crippen LogP) is 3.29. The van der Waals surface area contributed by atoms with Crippen LogP contribution in [-0.4, -0.2) is 34.9 Å². The number of rotatable bonds is 4. The van der Waals surface area contributed by atoms with Gasteiger partial charge in [0.25, 0.3) is 5.91 Å². The fraction of sp³-hybridized carbons (Fsp3) is 0.368. The summed E-state index contributed by atoms with van der Waals surface area (Å²) < 4.78 is 39.7. The maximum atomic E-state index is 13.2. The molecule has 1 N–H and O–H groups in total. The van der Waals surface area contributed by atoms with Crippen LogP contribution in [0.1, 0.15) is 30.3 Å². The summed E-state index contributed by atoms with van der Waals surface area (Å²) in [5, 5.41) is 1.53. The summed E-state index contributed by atoms with van der Waals surface area (Å²) in [5.41, 5.74) is 2.67. The molecular weight excluding hydrogens is 423 g/mol. The number of amides is 2. The molecule has 3 rings (SSSR count). The number of halogens is 4. The highest BCUT2D eigenvalue weighted by Crippen LogP contribution is 2.31. The first kappa shape index (κ1) is 21.8. The summed E-state index contributed by atoms with van der Waals surface area (Å²) in [7, 11) is 1.51. The van der Waals surface area contributed by atoms with Crippen LogP contribution in [0.15, 0.2) is 24.3 Å². The van der Waals surface area contributed by atoms with Crippen molar-refractivity contribution in [3.8, 4) is 0 Å². The molecular formula is C19H19ClF3N5O2. The van der Waals surface area contributed by atoms with E-state index in [1.807, 2.05) is 0 Å². The van der Waals surface area contributed by atoms with Gasteiger partial charge in [-0.15, -0.1) is 0 Å². The van der Waals surface area contributed by atoms with Crippen LogP contribution in [0, 0.1) is 6.92 Å². The minimum absolute atomic E-state index is 0.140. The van der Waals surface area contributed by atoms with Crippen LogP contribution >= 0.6 is 11.6 Å². The molecule has 1 unspecified atom stereocenters. The van der Waals surface area contributed by atoms with Crippen LogP contribution in [0.2, 0.25) is 5.02 Å². The zero-order chi connectivity index (χ0) is 22.2. The molecule has 0 radical (unpaired) electrons. The summed E-state index contributed by atoms with van der Waals surface area (Å²) in [6.45, 7) is 3.42. The molecule has 0 bridgehead atoms. The van der Waals surface area contributed by atoms with Gasteiger partial charge in [-0.3, -0.25) is 15.0 Å². The minimum atomic E-state index is -4.69. The Morgan fingerprint density at radius 1 is 1.33 bits per heavy atom. The third-order valence-electron chi connectivity index (χ3n) is 4.72. The third-order valence-corrected chi connectivity index (χ3v) is 5.14. The number of hydrazine groups is 1. The number of benzene rings is 1. The van der Waals surface area contributed by atoms with E-state index in [0.717, 1.165) is 16.6 Å². The number of nitrogens with one attached hydrogen (secondary N) is 1. The third kappa shape index (κ3) is 4.33. The molecule has 0 saturated carbocycles. The van der Waals surface area contributed by atoms with Crippen LogP contribution in [0.25, 0.3) is 0 Å². The Balaban J connectivity index is 1.96. The highest BCUT2D eigenvalue weighted by Gasteiger charge is 2.41. The second-order valence-corrected chi connectivity index (χ2v) is 7.26. The lowest BCUT2D eigenvalue weighted by molar-refractivity contribution is -0.141. The molecule has 2 amide bonds. The fourth-order valence-corrected chi connectivity index (χ4v) is 3.14. The van der Waals surface area contributed by atoms with Crippen molar-refractivity contribution >= 4 is 35.1 Å². The number of carbonyl (C=O) groups is 2. The van der Waals surface area contributed by atoms with Crippen LogP contribution < -0.4 is 15.3 Å². The van der Waals surface area contributed by atoms with Gasteiger partial charge >= 0.3 is 6.18 Å². The molecule has 2 aromatic rings. The van der Waals surface area contributed by atoms with Crippen LogP contribution in [-0.2, 0) is 22.2 Å². The van der Waals surface area contributed by atoms with Crippen molar-refractivity contribution in [3.05, 3.63) is 46.2 Å². The summed E-state index contributed by atoms with van der Waals surface area (Å²) in [5.74, 6) is -1.41. The summed E-state index contributed by atoms with van der Waals surface area (Å²) in [6, 6.07) is 4.71. The Kier molecular flexibility index (Phi) is 5.89. The van der Waals surface area contributed by atoms with Gasteiger partial charge in [-0.2, -0.15) is 13.2 Å². The molecule has 0 spiro atoms. The van der Waals surface area contributed by atoms with Crippen molar-refractivity contribution in [2.45, 2.75) is 38.9 Å². The van der Waals surface area contributed by atoms with Crippen LogP contribution in [0.3, 0.4) is 0 Å². The molecule has 1 saturated heterocycles. The van der Waals surface area contributed by atoms with Gasteiger partial charge in [0, 0.05) is 23.5 Å². The highest BCUT2D eigenvalue weighted by molar-refractivity contribution is 6.31. The molecule has 11 heteroatoms. The average Bonchev–Trinajstić information content (AvgIpc) is 3.09. The van der Waals surface area contributed by atoms with Crippen molar-refractivity contribution < 1.29 is 22.8 Å². The summed E-state index contributed by atoms with van der Waals surface area (Å²) in [6.07, 6.45) is -4.71. The van der Waals surface area contributed by atoms with E-state index in [-0.39, 0.29) is 24.5 Å². The number of anilines is 2. The smallest absolute Gasteiger partial charge is 0.314 e. The molecule has 1 fully saturated rings. The zero-order valence-electron chi connectivity index (χ0n) is 16.4.